The summed E-state index contributed by atoms with van der Waals surface area (Å²) in [5.74, 6) is -1.21. The zero-order valence-electron chi connectivity index (χ0n) is 5.33. The zero-order valence-corrected chi connectivity index (χ0v) is 5.33. The Morgan fingerprint density at radius 3 is 1.89 bits per heavy atom. The molecule has 3 heteroatoms. The summed E-state index contributed by atoms with van der Waals surface area (Å²) in [6.07, 6.45) is -3.97. The van der Waals surface area contributed by atoms with Gasteiger partial charge >= 0.3 is 6.18 Å². The van der Waals surface area contributed by atoms with Crippen LogP contribution in [-0.2, 0) is 0 Å². The molecule has 0 aliphatic rings. The van der Waals surface area contributed by atoms with E-state index in [1.54, 1.807) is 0 Å². The van der Waals surface area contributed by atoms with Crippen molar-refractivity contribution in [3.05, 3.63) is 6.92 Å². The van der Waals surface area contributed by atoms with E-state index in [2.05, 4.69) is 6.92 Å². The van der Waals surface area contributed by atoms with Gasteiger partial charge in [0.1, 0.15) is 0 Å². The molecule has 0 rings (SSSR count). The van der Waals surface area contributed by atoms with Crippen molar-refractivity contribution in [1.82, 2.24) is 0 Å². The quantitative estimate of drug-likeness (QED) is 0.551. The number of halogens is 3. The molecular weight excluding hydrogens is 129 g/mol. The van der Waals surface area contributed by atoms with Crippen LogP contribution in [0.15, 0.2) is 0 Å². The number of alkyl halides is 3. The van der Waals surface area contributed by atoms with Crippen LogP contribution in [0, 0.1) is 12.8 Å². The van der Waals surface area contributed by atoms with Crippen LogP contribution in [0.3, 0.4) is 0 Å². The average Bonchev–Trinajstić information content (AvgIpc) is 1.65. The Hall–Kier alpha value is -0.210. The molecule has 0 aliphatic heterocycles. The Kier molecular flexibility index (Phi) is 3.01. The molecule has 1 unspecified atom stereocenters. The molecule has 0 saturated carbocycles. The lowest BCUT2D eigenvalue weighted by Gasteiger charge is -2.15. The first-order valence-electron chi connectivity index (χ1n) is 2.88. The predicted octanol–water partition coefficient (Wildman–Crippen LogP) is 2.80. The van der Waals surface area contributed by atoms with Crippen molar-refractivity contribution in [1.29, 1.82) is 0 Å². The minimum absolute atomic E-state index is 0.0556. The Balaban J connectivity index is 3.79. The smallest absolute Gasteiger partial charge is 0.171 e. The van der Waals surface area contributed by atoms with Crippen molar-refractivity contribution in [3.8, 4) is 0 Å². The van der Waals surface area contributed by atoms with Crippen LogP contribution in [0.1, 0.15) is 19.8 Å². The lowest BCUT2D eigenvalue weighted by molar-refractivity contribution is -0.174. The second-order valence-electron chi connectivity index (χ2n) is 1.94. The molecule has 0 spiro atoms. The van der Waals surface area contributed by atoms with Crippen molar-refractivity contribution >= 4 is 0 Å². The Labute approximate surface area is 53.1 Å². The minimum atomic E-state index is -4.05. The molecule has 1 radical (unpaired) electrons. The van der Waals surface area contributed by atoms with Gasteiger partial charge in [-0.1, -0.05) is 13.8 Å². The zero-order chi connectivity index (χ0) is 7.49. The Bertz CT molecular complexity index is 70.9. The normalized spacial score (nSPS) is 12.7. The van der Waals surface area contributed by atoms with Gasteiger partial charge in [0, 0.05) is 0 Å². The van der Waals surface area contributed by atoms with E-state index in [0.29, 0.717) is 0 Å². The van der Waals surface area contributed by atoms with E-state index < -0.39 is 12.1 Å². The van der Waals surface area contributed by atoms with Crippen LogP contribution in [-0.4, -0.2) is 6.18 Å². The lowest BCUT2D eigenvalue weighted by Crippen LogP contribution is -2.20. The van der Waals surface area contributed by atoms with Gasteiger partial charge in [0.2, 0.25) is 0 Å². The van der Waals surface area contributed by atoms with Gasteiger partial charge in [-0.2, -0.15) is 13.2 Å². The summed E-state index contributed by atoms with van der Waals surface area (Å²) in [4.78, 5) is 0. The molecule has 0 aromatic heterocycles. The standard InChI is InChI=1S/C6H10F3/c1-3-5(4-2)6(7,8)9/h5H,1,3-4H2,2H3. The van der Waals surface area contributed by atoms with Gasteiger partial charge in [-0.15, -0.1) is 0 Å². The molecule has 0 aromatic carbocycles. The number of hydrogen-bond acceptors (Lipinski definition) is 0. The second-order valence-corrected chi connectivity index (χ2v) is 1.94. The number of rotatable bonds is 2. The van der Waals surface area contributed by atoms with Crippen LogP contribution in [0.4, 0.5) is 13.2 Å². The van der Waals surface area contributed by atoms with Gasteiger partial charge in [0.25, 0.3) is 0 Å². The second kappa shape index (κ2) is 3.08. The summed E-state index contributed by atoms with van der Waals surface area (Å²) in [7, 11) is 0. The van der Waals surface area contributed by atoms with E-state index in [9.17, 15) is 13.2 Å². The van der Waals surface area contributed by atoms with E-state index in [0.717, 1.165) is 0 Å². The highest BCUT2D eigenvalue weighted by Gasteiger charge is 2.36. The molecule has 9 heavy (non-hydrogen) atoms. The van der Waals surface area contributed by atoms with E-state index in [1.807, 2.05) is 0 Å². The third-order valence-electron chi connectivity index (χ3n) is 1.30. The molecule has 0 nitrogen and oxygen atoms in total. The van der Waals surface area contributed by atoms with Gasteiger partial charge in [0.05, 0.1) is 5.92 Å². The average molecular weight is 139 g/mol. The van der Waals surface area contributed by atoms with Crippen LogP contribution in [0.2, 0.25) is 0 Å². The highest BCUT2D eigenvalue weighted by molar-refractivity contribution is 4.66. The van der Waals surface area contributed by atoms with Crippen LogP contribution >= 0.6 is 0 Å². The largest absolute Gasteiger partial charge is 0.391 e. The van der Waals surface area contributed by atoms with Crippen molar-refractivity contribution in [2.24, 2.45) is 5.92 Å². The van der Waals surface area contributed by atoms with Crippen LogP contribution < -0.4 is 0 Å². The summed E-state index contributed by atoms with van der Waals surface area (Å²) in [6, 6.07) is 0. The summed E-state index contributed by atoms with van der Waals surface area (Å²) in [5, 5.41) is 0. The minimum Gasteiger partial charge on any atom is -0.171 e. The fourth-order valence-corrected chi connectivity index (χ4v) is 0.599. The Morgan fingerprint density at radius 2 is 1.89 bits per heavy atom. The van der Waals surface area contributed by atoms with Gasteiger partial charge in [0.15, 0.2) is 0 Å². The van der Waals surface area contributed by atoms with Gasteiger partial charge in [-0.25, -0.2) is 0 Å². The topological polar surface area (TPSA) is 0 Å². The first kappa shape index (κ1) is 8.79. The monoisotopic (exact) mass is 139 g/mol. The fraction of sp³-hybridized carbons (Fsp3) is 0.833. The molecule has 0 bridgehead atoms. The van der Waals surface area contributed by atoms with Crippen LogP contribution in [0.25, 0.3) is 0 Å². The maximum absolute atomic E-state index is 11.7. The Morgan fingerprint density at radius 1 is 1.44 bits per heavy atom. The molecule has 0 N–H and O–H groups in total. The van der Waals surface area contributed by atoms with Crippen molar-refractivity contribution in [3.63, 3.8) is 0 Å². The predicted molar refractivity (Wildman–Crippen MR) is 29.8 cm³/mol. The first-order valence-corrected chi connectivity index (χ1v) is 2.88. The van der Waals surface area contributed by atoms with Crippen LogP contribution in [0.5, 0.6) is 0 Å². The van der Waals surface area contributed by atoms with E-state index in [-0.39, 0.29) is 12.8 Å². The van der Waals surface area contributed by atoms with E-state index >= 15 is 0 Å². The molecule has 1 atom stereocenters. The number of hydrogen-bond donors (Lipinski definition) is 0. The summed E-state index contributed by atoms with van der Waals surface area (Å²) < 4.78 is 35.0. The van der Waals surface area contributed by atoms with Gasteiger partial charge in [-0.3, -0.25) is 0 Å². The fourth-order valence-electron chi connectivity index (χ4n) is 0.599. The molecule has 0 amide bonds. The van der Waals surface area contributed by atoms with Crippen molar-refractivity contribution < 1.29 is 13.2 Å². The maximum atomic E-state index is 11.7. The van der Waals surface area contributed by atoms with Crippen molar-refractivity contribution in [2.45, 2.75) is 25.9 Å². The highest BCUT2D eigenvalue weighted by atomic mass is 19.4. The van der Waals surface area contributed by atoms with Gasteiger partial charge in [-0.05, 0) is 12.8 Å². The SMILES string of the molecule is [CH2]CC(CC)C(F)(F)F. The third-order valence-corrected chi connectivity index (χ3v) is 1.30. The van der Waals surface area contributed by atoms with E-state index in [1.165, 1.54) is 6.92 Å². The molecule has 0 heterocycles. The molecule has 0 aliphatic carbocycles. The molecule has 0 aromatic rings. The summed E-state index contributed by atoms with van der Waals surface area (Å²) in [5.41, 5.74) is 0. The molecule has 0 fully saturated rings. The maximum Gasteiger partial charge on any atom is 0.391 e. The summed E-state index contributed by atoms with van der Waals surface area (Å²) >= 11 is 0. The van der Waals surface area contributed by atoms with Gasteiger partial charge < -0.3 is 0 Å². The lowest BCUT2D eigenvalue weighted by atomic mass is 10.0. The summed E-state index contributed by atoms with van der Waals surface area (Å²) in [6.45, 7) is 4.72. The third kappa shape index (κ3) is 2.72. The molecular formula is C6H10F3. The highest BCUT2D eigenvalue weighted by Crippen LogP contribution is 2.30. The first-order chi connectivity index (χ1) is 4.02. The van der Waals surface area contributed by atoms with E-state index in [4.69, 9.17) is 0 Å². The molecule has 0 saturated heterocycles. The van der Waals surface area contributed by atoms with Crippen molar-refractivity contribution in [2.75, 3.05) is 0 Å². The molecule has 55 valence electrons.